The zero-order valence-corrected chi connectivity index (χ0v) is 10.8. The molecular weight excluding hydrogens is 230 g/mol. The molecule has 0 aliphatic rings. The fraction of sp³-hybridized carbons (Fsp3) is 0.385. The quantitative estimate of drug-likeness (QED) is 0.797. The number of thiazole rings is 1. The lowest BCUT2D eigenvalue weighted by Crippen LogP contribution is -2.12. The lowest BCUT2D eigenvalue weighted by Gasteiger charge is -1.98. The van der Waals surface area contributed by atoms with Crippen LogP contribution in [0.15, 0.2) is 30.7 Å². The lowest BCUT2D eigenvalue weighted by molar-refractivity contribution is 0.681. The van der Waals surface area contributed by atoms with Crippen molar-refractivity contribution in [3.05, 3.63) is 46.2 Å². The average Bonchev–Trinajstić information content (AvgIpc) is 2.79. The van der Waals surface area contributed by atoms with E-state index in [1.54, 1.807) is 11.3 Å². The van der Waals surface area contributed by atoms with Crippen LogP contribution in [0.25, 0.3) is 0 Å². The van der Waals surface area contributed by atoms with Gasteiger partial charge in [-0.25, -0.2) is 4.98 Å². The highest BCUT2D eigenvalue weighted by molar-refractivity contribution is 7.11. The van der Waals surface area contributed by atoms with Gasteiger partial charge in [0, 0.05) is 36.4 Å². The van der Waals surface area contributed by atoms with Gasteiger partial charge in [-0.15, -0.1) is 11.3 Å². The predicted molar refractivity (Wildman–Crippen MR) is 71.2 cm³/mol. The van der Waals surface area contributed by atoms with Gasteiger partial charge in [-0.05, 0) is 30.7 Å². The van der Waals surface area contributed by atoms with Crippen molar-refractivity contribution in [2.45, 2.75) is 26.3 Å². The van der Waals surface area contributed by atoms with Gasteiger partial charge in [-0.3, -0.25) is 4.98 Å². The van der Waals surface area contributed by atoms with Gasteiger partial charge < -0.3 is 5.32 Å². The average molecular weight is 247 g/mol. The minimum atomic E-state index is 0.904. The molecule has 0 amide bonds. The highest BCUT2D eigenvalue weighted by atomic mass is 32.1. The highest BCUT2D eigenvalue weighted by Crippen LogP contribution is 2.16. The van der Waals surface area contributed by atoms with E-state index >= 15 is 0 Å². The van der Waals surface area contributed by atoms with Crippen molar-refractivity contribution < 1.29 is 0 Å². The molecule has 0 saturated heterocycles. The second kappa shape index (κ2) is 6.47. The summed E-state index contributed by atoms with van der Waals surface area (Å²) in [5.41, 5.74) is 1.27. The maximum absolute atomic E-state index is 4.45. The van der Waals surface area contributed by atoms with Crippen LogP contribution in [0.5, 0.6) is 0 Å². The SMILES string of the molecule is CCCNCc1cnc(Cc2ccncc2)s1. The molecule has 0 saturated carbocycles. The van der Waals surface area contributed by atoms with Gasteiger partial charge in [0.05, 0.1) is 5.01 Å². The molecule has 1 N–H and O–H groups in total. The third kappa shape index (κ3) is 3.91. The first-order valence-corrected chi connectivity index (χ1v) is 6.73. The molecule has 0 aliphatic carbocycles. The van der Waals surface area contributed by atoms with Gasteiger partial charge in [0.25, 0.3) is 0 Å². The molecular formula is C13H17N3S. The molecule has 2 aromatic rings. The Labute approximate surface area is 106 Å². The Kier molecular flexibility index (Phi) is 4.64. The molecule has 4 heteroatoms. The third-order valence-corrected chi connectivity index (χ3v) is 3.43. The topological polar surface area (TPSA) is 37.8 Å². The van der Waals surface area contributed by atoms with Gasteiger partial charge >= 0.3 is 0 Å². The lowest BCUT2D eigenvalue weighted by atomic mass is 10.2. The van der Waals surface area contributed by atoms with E-state index in [0.29, 0.717) is 0 Å². The molecule has 0 radical (unpaired) electrons. The van der Waals surface area contributed by atoms with Crippen LogP contribution in [0, 0.1) is 0 Å². The number of hydrogen-bond donors (Lipinski definition) is 1. The summed E-state index contributed by atoms with van der Waals surface area (Å²) in [7, 11) is 0. The monoisotopic (exact) mass is 247 g/mol. The smallest absolute Gasteiger partial charge is 0.0972 e. The second-order valence-corrected chi connectivity index (χ2v) is 5.13. The van der Waals surface area contributed by atoms with Crippen LogP contribution < -0.4 is 5.32 Å². The van der Waals surface area contributed by atoms with Gasteiger partial charge in [0.2, 0.25) is 0 Å². The van der Waals surface area contributed by atoms with Gasteiger partial charge in [-0.1, -0.05) is 6.92 Å². The second-order valence-electron chi connectivity index (χ2n) is 3.93. The van der Waals surface area contributed by atoms with E-state index in [2.05, 4.69) is 22.2 Å². The Bertz CT molecular complexity index is 439. The van der Waals surface area contributed by atoms with Crippen LogP contribution in [-0.2, 0) is 13.0 Å². The predicted octanol–water partition coefficient (Wildman–Crippen LogP) is 2.63. The standard InChI is InChI=1S/C13H17N3S/c1-2-5-15-9-12-10-16-13(17-12)8-11-3-6-14-7-4-11/h3-4,6-7,10,15H,2,5,8-9H2,1H3. The molecule has 0 unspecified atom stereocenters. The largest absolute Gasteiger partial charge is 0.312 e. The molecule has 0 fully saturated rings. The first-order chi connectivity index (χ1) is 8.38. The van der Waals surface area contributed by atoms with E-state index in [1.807, 2.05) is 30.7 Å². The molecule has 0 aliphatic heterocycles. The Morgan fingerprint density at radius 3 is 2.88 bits per heavy atom. The summed E-state index contributed by atoms with van der Waals surface area (Å²) in [5.74, 6) is 0. The zero-order valence-electron chi connectivity index (χ0n) is 10.0. The highest BCUT2D eigenvalue weighted by Gasteiger charge is 2.02. The number of nitrogens with zero attached hydrogens (tertiary/aromatic N) is 2. The molecule has 3 nitrogen and oxygen atoms in total. The number of hydrogen-bond acceptors (Lipinski definition) is 4. The van der Waals surface area contributed by atoms with Crippen LogP contribution in [0.3, 0.4) is 0 Å². The summed E-state index contributed by atoms with van der Waals surface area (Å²) >= 11 is 1.78. The number of nitrogens with one attached hydrogen (secondary N) is 1. The van der Waals surface area contributed by atoms with Gasteiger partial charge in [0.15, 0.2) is 0 Å². The van der Waals surface area contributed by atoms with Crippen LogP contribution in [0.2, 0.25) is 0 Å². The molecule has 2 heterocycles. The van der Waals surface area contributed by atoms with Crippen LogP contribution >= 0.6 is 11.3 Å². The molecule has 0 aromatic carbocycles. The van der Waals surface area contributed by atoms with E-state index in [4.69, 9.17) is 0 Å². The van der Waals surface area contributed by atoms with Crippen LogP contribution in [0.1, 0.15) is 28.8 Å². The Balaban J connectivity index is 1.90. The third-order valence-electron chi connectivity index (χ3n) is 2.43. The zero-order chi connectivity index (χ0) is 11.9. The fourth-order valence-corrected chi connectivity index (χ4v) is 2.50. The van der Waals surface area contributed by atoms with Crippen molar-refractivity contribution >= 4 is 11.3 Å². The van der Waals surface area contributed by atoms with E-state index < -0.39 is 0 Å². The molecule has 2 rings (SSSR count). The normalized spacial score (nSPS) is 10.6. The van der Waals surface area contributed by atoms with E-state index in [-0.39, 0.29) is 0 Å². The number of aromatic nitrogens is 2. The van der Waals surface area contributed by atoms with Gasteiger partial charge in [0.1, 0.15) is 0 Å². The van der Waals surface area contributed by atoms with E-state index in [1.165, 1.54) is 21.9 Å². The van der Waals surface area contributed by atoms with Crippen LogP contribution in [-0.4, -0.2) is 16.5 Å². The van der Waals surface area contributed by atoms with Crippen molar-refractivity contribution in [1.82, 2.24) is 15.3 Å². The number of pyridine rings is 1. The van der Waals surface area contributed by atoms with Gasteiger partial charge in [-0.2, -0.15) is 0 Å². The summed E-state index contributed by atoms with van der Waals surface area (Å²) in [6.45, 7) is 4.17. The first kappa shape index (κ1) is 12.2. The Hall–Kier alpha value is -1.26. The maximum atomic E-state index is 4.45. The van der Waals surface area contributed by atoms with Crippen molar-refractivity contribution in [3.8, 4) is 0 Å². The Morgan fingerprint density at radius 2 is 2.12 bits per heavy atom. The molecule has 0 bridgehead atoms. The van der Waals surface area contributed by atoms with Crippen molar-refractivity contribution in [2.75, 3.05) is 6.54 Å². The summed E-state index contributed by atoms with van der Waals surface area (Å²) in [5, 5.41) is 4.56. The summed E-state index contributed by atoms with van der Waals surface area (Å²) in [6.07, 6.45) is 7.70. The van der Waals surface area contributed by atoms with Crippen LogP contribution in [0.4, 0.5) is 0 Å². The molecule has 2 aromatic heterocycles. The fourth-order valence-electron chi connectivity index (χ4n) is 1.58. The van der Waals surface area contributed by atoms with Crippen molar-refractivity contribution in [1.29, 1.82) is 0 Å². The maximum Gasteiger partial charge on any atom is 0.0972 e. The molecule has 90 valence electrons. The number of rotatable bonds is 6. The molecule has 0 spiro atoms. The summed E-state index contributed by atoms with van der Waals surface area (Å²) in [6, 6.07) is 4.08. The molecule has 0 atom stereocenters. The summed E-state index contributed by atoms with van der Waals surface area (Å²) < 4.78 is 0. The minimum absolute atomic E-state index is 0.904. The van der Waals surface area contributed by atoms with Crippen molar-refractivity contribution in [3.63, 3.8) is 0 Å². The van der Waals surface area contributed by atoms with E-state index in [9.17, 15) is 0 Å². The minimum Gasteiger partial charge on any atom is -0.312 e. The Morgan fingerprint density at radius 1 is 1.29 bits per heavy atom. The van der Waals surface area contributed by atoms with E-state index in [0.717, 1.165) is 19.5 Å². The molecule has 17 heavy (non-hydrogen) atoms. The summed E-state index contributed by atoms with van der Waals surface area (Å²) in [4.78, 5) is 9.77. The van der Waals surface area contributed by atoms with Crippen molar-refractivity contribution in [2.24, 2.45) is 0 Å². The first-order valence-electron chi connectivity index (χ1n) is 5.91.